The molecule has 1 aliphatic heterocycles. The van der Waals surface area contributed by atoms with E-state index in [9.17, 15) is 13.2 Å². The van der Waals surface area contributed by atoms with Crippen molar-refractivity contribution >= 4 is 15.8 Å². The Kier molecular flexibility index (Phi) is 3.64. The van der Waals surface area contributed by atoms with Gasteiger partial charge in [-0.2, -0.15) is 0 Å². The van der Waals surface area contributed by atoms with E-state index in [2.05, 4.69) is 5.32 Å². The van der Waals surface area contributed by atoms with Gasteiger partial charge in [-0.3, -0.25) is 4.79 Å². The summed E-state index contributed by atoms with van der Waals surface area (Å²) in [6.07, 6.45) is 1.15. The fraction of sp³-hybridized carbons (Fsp3) is 0.900. The molecule has 16 heavy (non-hydrogen) atoms. The number of esters is 1. The van der Waals surface area contributed by atoms with Gasteiger partial charge in [0, 0.05) is 19.3 Å². The molecule has 0 spiro atoms. The lowest BCUT2D eigenvalue weighted by atomic mass is 10.1. The Labute approximate surface area is 96.5 Å². The van der Waals surface area contributed by atoms with Gasteiger partial charge in [0.1, 0.15) is 5.60 Å². The van der Waals surface area contributed by atoms with Crippen molar-refractivity contribution in [2.75, 3.05) is 19.3 Å². The molecule has 2 atom stereocenters. The number of hydrogen-bond donors (Lipinski definition) is 1. The second-order valence-electron chi connectivity index (χ2n) is 5.17. The van der Waals surface area contributed by atoms with Crippen molar-refractivity contribution < 1.29 is 17.9 Å². The van der Waals surface area contributed by atoms with Gasteiger partial charge < -0.3 is 10.1 Å². The van der Waals surface area contributed by atoms with Crippen molar-refractivity contribution in [1.82, 2.24) is 5.32 Å². The van der Waals surface area contributed by atoms with Crippen molar-refractivity contribution in [2.45, 2.75) is 31.6 Å². The monoisotopic (exact) mass is 249 g/mol. The van der Waals surface area contributed by atoms with Gasteiger partial charge >= 0.3 is 5.97 Å². The maximum atomic E-state index is 11.8. The van der Waals surface area contributed by atoms with Gasteiger partial charge in [-0.1, -0.05) is 0 Å². The first-order valence-corrected chi connectivity index (χ1v) is 7.19. The predicted octanol–water partition coefficient (Wildman–Crippen LogP) is -0.0393. The summed E-state index contributed by atoms with van der Waals surface area (Å²) >= 11 is 0. The minimum Gasteiger partial charge on any atom is -0.460 e. The third-order valence-corrected chi connectivity index (χ3v) is 4.01. The van der Waals surface area contributed by atoms with Crippen LogP contribution in [0.3, 0.4) is 0 Å². The third-order valence-electron chi connectivity index (χ3n) is 2.42. The zero-order valence-corrected chi connectivity index (χ0v) is 10.9. The van der Waals surface area contributed by atoms with E-state index in [4.69, 9.17) is 4.74 Å². The normalized spacial score (nSPS) is 26.8. The summed E-state index contributed by atoms with van der Waals surface area (Å²) in [4.78, 5) is 11.8. The van der Waals surface area contributed by atoms with Gasteiger partial charge in [-0.05, 0) is 20.8 Å². The molecule has 0 aromatic heterocycles. The highest BCUT2D eigenvalue weighted by atomic mass is 32.2. The van der Waals surface area contributed by atoms with Crippen LogP contribution in [-0.2, 0) is 19.4 Å². The molecule has 1 saturated heterocycles. The first kappa shape index (κ1) is 13.4. The molecular formula is C10H19NO4S. The Morgan fingerprint density at radius 3 is 2.31 bits per heavy atom. The highest BCUT2D eigenvalue weighted by Gasteiger charge is 2.41. The molecule has 1 aliphatic rings. The van der Waals surface area contributed by atoms with E-state index in [1.54, 1.807) is 20.8 Å². The van der Waals surface area contributed by atoms with Crippen molar-refractivity contribution in [3.63, 3.8) is 0 Å². The molecule has 0 saturated carbocycles. The molecule has 0 bridgehead atoms. The molecule has 2 unspecified atom stereocenters. The van der Waals surface area contributed by atoms with Gasteiger partial charge in [0.2, 0.25) is 0 Å². The summed E-state index contributed by atoms with van der Waals surface area (Å²) in [6, 6.07) is 0. The van der Waals surface area contributed by atoms with Crippen LogP contribution in [0.4, 0.5) is 0 Å². The largest absolute Gasteiger partial charge is 0.460 e. The van der Waals surface area contributed by atoms with Crippen LogP contribution >= 0.6 is 0 Å². The topological polar surface area (TPSA) is 72.5 Å². The van der Waals surface area contributed by atoms with Gasteiger partial charge in [-0.15, -0.1) is 0 Å². The lowest BCUT2D eigenvalue weighted by Gasteiger charge is -2.23. The smallest absolute Gasteiger partial charge is 0.312 e. The average Bonchev–Trinajstić information content (AvgIpc) is 2.45. The first-order chi connectivity index (χ1) is 7.11. The molecule has 0 radical (unpaired) electrons. The molecular weight excluding hydrogens is 230 g/mol. The predicted molar refractivity (Wildman–Crippen MR) is 60.8 cm³/mol. The summed E-state index contributed by atoms with van der Waals surface area (Å²) in [6.45, 7) is 5.99. The molecule has 6 heteroatoms. The van der Waals surface area contributed by atoms with Crippen LogP contribution < -0.4 is 5.32 Å². The van der Waals surface area contributed by atoms with E-state index in [0.29, 0.717) is 13.1 Å². The van der Waals surface area contributed by atoms with Crippen molar-refractivity contribution in [2.24, 2.45) is 5.92 Å². The van der Waals surface area contributed by atoms with Crippen LogP contribution in [0.5, 0.6) is 0 Å². The zero-order valence-electron chi connectivity index (χ0n) is 10.1. The number of sulfone groups is 1. The standard InChI is InChI=1S/C10H19NO4S/c1-10(2,3)15-9(12)7-5-11-6-8(7)16(4,13)14/h7-8,11H,5-6H2,1-4H3. The molecule has 5 nitrogen and oxygen atoms in total. The molecule has 1 fully saturated rings. The van der Waals surface area contributed by atoms with E-state index in [1.807, 2.05) is 0 Å². The quantitative estimate of drug-likeness (QED) is 0.695. The summed E-state index contributed by atoms with van der Waals surface area (Å²) < 4.78 is 28.1. The molecule has 0 amide bonds. The maximum absolute atomic E-state index is 11.8. The number of carbonyl (C=O) groups excluding carboxylic acids is 1. The molecule has 1 rings (SSSR count). The first-order valence-electron chi connectivity index (χ1n) is 5.24. The Morgan fingerprint density at radius 2 is 1.88 bits per heavy atom. The van der Waals surface area contributed by atoms with Crippen LogP contribution in [0.25, 0.3) is 0 Å². The SMILES string of the molecule is CC(C)(C)OC(=O)C1CNCC1S(C)(=O)=O. The summed E-state index contributed by atoms with van der Waals surface area (Å²) in [7, 11) is -3.22. The van der Waals surface area contributed by atoms with Crippen LogP contribution in [0, 0.1) is 5.92 Å². The van der Waals surface area contributed by atoms with E-state index in [1.165, 1.54) is 0 Å². The lowest BCUT2D eigenvalue weighted by Crippen LogP contribution is -2.37. The van der Waals surface area contributed by atoms with Gasteiger partial charge in [-0.25, -0.2) is 8.42 Å². The number of nitrogens with one attached hydrogen (secondary N) is 1. The Balaban J connectivity index is 2.77. The second kappa shape index (κ2) is 4.33. The Morgan fingerprint density at radius 1 is 1.31 bits per heavy atom. The van der Waals surface area contributed by atoms with E-state index < -0.39 is 32.6 Å². The lowest BCUT2D eigenvalue weighted by molar-refractivity contribution is -0.159. The molecule has 0 aromatic carbocycles. The van der Waals surface area contributed by atoms with Gasteiger partial charge in [0.15, 0.2) is 9.84 Å². The van der Waals surface area contributed by atoms with Gasteiger partial charge in [0.05, 0.1) is 11.2 Å². The number of rotatable bonds is 2. The van der Waals surface area contributed by atoms with Crippen molar-refractivity contribution in [3.05, 3.63) is 0 Å². The fourth-order valence-electron chi connectivity index (χ4n) is 1.72. The minimum absolute atomic E-state index is 0.322. The van der Waals surface area contributed by atoms with E-state index in [-0.39, 0.29) is 0 Å². The zero-order chi connectivity index (χ0) is 12.6. The Hall–Kier alpha value is -0.620. The maximum Gasteiger partial charge on any atom is 0.312 e. The van der Waals surface area contributed by atoms with Crippen LogP contribution in [0.15, 0.2) is 0 Å². The van der Waals surface area contributed by atoms with Gasteiger partial charge in [0.25, 0.3) is 0 Å². The number of ether oxygens (including phenoxy) is 1. The summed E-state index contributed by atoms with van der Waals surface area (Å²) in [5.74, 6) is -1.03. The minimum atomic E-state index is -3.22. The number of hydrogen-bond acceptors (Lipinski definition) is 5. The summed E-state index contributed by atoms with van der Waals surface area (Å²) in [5.41, 5.74) is -0.582. The van der Waals surface area contributed by atoms with Crippen LogP contribution in [0.1, 0.15) is 20.8 Å². The average molecular weight is 249 g/mol. The van der Waals surface area contributed by atoms with Crippen LogP contribution in [0.2, 0.25) is 0 Å². The van der Waals surface area contributed by atoms with E-state index >= 15 is 0 Å². The highest BCUT2D eigenvalue weighted by molar-refractivity contribution is 7.91. The van der Waals surface area contributed by atoms with Crippen LogP contribution in [-0.4, -0.2) is 44.6 Å². The van der Waals surface area contributed by atoms with E-state index in [0.717, 1.165) is 6.26 Å². The second-order valence-corrected chi connectivity index (χ2v) is 7.43. The highest BCUT2D eigenvalue weighted by Crippen LogP contribution is 2.21. The molecule has 94 valence electrons. The van der Waals surface area contributed by atoms with Crippen molar-refractivity contribution in [3.8, 4) is 0 Å². The fourth-order valence-corrected chi connectivity index (χ4v) is 2.94. The van der Waals surface area contributed by atoms with Crippen molar-refractivity contribution in [1.29, 1.82) is 0 Å². The molecule has 0 aromatic rings. The molecule has 1 heterocycles. The number of carbonyl (C=O) groups is 1. The molecule has 0 aliphatic carbocycles. The third kappa shape index (κ3) is 3.45. The summed E-state index contributed by atoms with van der Waals surface area (Å²) in [5, 5.41) is 2.25. The molecule has 1 N–H and O–H groups in total. The Bertz CT molecular complexity index is 369.